The van der Waals surface area contributed by atoms with E-state index in [9.17, 15) is 5.11 Å². The third kappa shape index (κ3) is 6.89. The van der Waals surface area contributed by atoms with E-state index >= 15 is 0 Å². The second-order valence-electron chi connectivity index (χ2n) is 4.01. The average Bonchev–Trinajstić information content (AvgIpc) is 2.61. The number of rotatable bonds is 7. The van der Waals surface area contributed by atoms with Crippen molar-refractivity contribution in [1.82, 2.24) is 10.3 Å². The van der Waals surface area contributed by atoms with Gasteiger partial charge in [0.05, 0.1) is 11.1 Å². The van der Waals surface area contributed by atoms with E-state index in [-0.39, 0.29) is 0 Å². The maximum atomic E-state index is 9.48. The van der Waals surface area contributed by atoms with Gasteiger partial charge < -0.3 is 10.4 Å². The van der Waals surface area contributed by atoms with E-state index in [2.05, 4.69) is 10.3 Å². The highest BCUT2D eigenvalue weighted by molar-refractivity contribution is 7.99. The van der Waals surface area contributed by atoms with Crippen LogP contribution in [-0.4, -0.2) is 33.7 Å². The first-order chi connectivity index (χ1) is 7.08. The van der Waals surface area contributed by atoms with Gasteiger partial charge in [-0.05, 0) is 13.8 Å². The lowest BCUT2D eigenvalue weighted by molar-refractivity contribution is 0.107. The summed E-state index contributed by atoms with van der Waals surface area (Å²) in [6.07, 6.45) is 1.89. The van der Waals surface area contributed by atoms with Crippen molar-refractivity contribution >= 4 is 23.1 Å². The van der Waals surface area contributed by atoms with Crippen molar-refractivity contribution in [3.8, 4) is 0 Å². The number of hydrogen-bond donors (Lipinski definition) is 2. The Hall–Kier alpha value is -0.100. The van der Waals surface area contributed by atoms with E-state index in [1.807, 2.05) is 25.6 Å². The molecule has 0 spiro atoms. The fourth-order valence-corrected chi connectivity index (χ4v) is 2.50. The van der Waals surface area contributed by atoms with Gasteiger partial charge in [0.15, 0.2) is 0 Å². The zero-order valence-electron chi connectivity index (χ0n) is 9.19. The summed E-state index contributed by atoms with van der Waals surface area (Å²) in [7, 11) is 0. The van der Waals surface area contributed by atoms with Crippen molar-refractivity contribution in [2.75, 3.05) is 18.1 Å². The Bertz CT molecular complexity index is 257. The molecule has 2 N–H and O–H groups in total. The molecule has 15 heavy (non-hydrogen) atoms. The quantitative estimate of drug-likeness (QED) is 0.719. The zero-order valence-corrected chi connectivity index (χ0v) is 10.8. The number of thioether (sulfide) groups is 1. The molecule has 1 rings (SSSR count). The van der Waals surface area contributed by atoms with Crippen molar-refractivity contribution in [3.05, 3.63) is 16.6 Å². The maximum absolute atomic E-state index is 9.48. The third-order valence-corrected chi connectivity index (χ3v) is 3.84. The number of thiazole rings is 1. The Morgan fingerprint density at radius 3 is 3.00 bits per heavy atom. The SMILES string of the molecule is CC(C)(O)CSCCNCc1cncs1. The minimum atomic E-state index is -0.553. The van der Waals surface area contributed by atoms with E-state index < -0.39 is 5.60 Å². The van der Waals surface area contributed by atoms with Crippen LogP contribution in [0.15, 0.2) is 11.7 Å². The molecule has 0 aliphatic carbocycles. The van der Waals surface area contributed by atoms with E-state index in [1.165, 1.54) is 4.88 Å². The predicted octanol–water partition coefficient (Wildman–Crippen LogP) is 1.74. The summed E-state index contributed by atoms with van der Waals surface area (Å²) in [6.45, 7) is 5.54. The summed E-state index contributed by atoms with van der Waals surface area (Å²) in [6, 6.07) is 0. The van der Waals surface area contributed by atoms with Crippen LogP contribution < -0.4 is 5.32 Å². The summed E-state index contributed by atoms with van der Waals surface area (Å²) in [4.78, 5) is 5.28. The molecule has 1 heterocycles. The third-order valence-electron chi connectivity index (χ3n) is 1.66. The maximum Gasteiger partial charge on any atom is 0.0794 e. The average molecular weight is 246 g/mol. The first-order valence-electron chi connectivity index (χ1n) is 4.96. The van der Waals surface area contributed by atoms with Gasteiger partial charge in [-0.2, -0.15) is 11.8 Å². The van der Waals surface area contributed by atoms with Gasteiger partial charge >= 0.3 is 0 Å². The lowest BCUT2D eigenvalue weighted by atomic mass is 10.2. The van der Waals surface area contributed by atoms with Crippen LogP contribution in [0.3, 0.4) is 0 Å². The standard InChI is InChI=1S/C10H18N2OS2/c1-10(2,13)7-14-4-3-11-5-9-6-12-8-15-9/h6,8,11,13H,3-5,7H2,1-2H3. The molecule has 5 heteroatoms. The van der Waals surface area contributed by atoms with Gasteiger partial charge in [0.2, 0.25) is 0 Å². The Morgan fingerprint density at radius 2 is 2.40 bits per heavy atom. The molecule has 0 saturated carbocycles. The number of aliphatic hydroxyl groups is 1. The van der Waals surface area contributed by atoms with Gasteiger partial charge in [-0.3, -0.25) is 4.98 Å². The number of nitrogens with one attached hydrogen (secondary N) is 1. The molecule has 3 nitrogen and oxygen atoms in total. The molecule has 0 aliphatic heterocycles. The number of nitrogens with zero attached hydrogens (tertiary/aromatic N) is 1. The van der Waals surface area contributed by atoms with Crippen molar-refractivity contribution in [3.63, 3.8) is 0 Å². The van der Waals surface area contributed by atoms with E-state index in [1.54, 1.807) is 23.1 Å². The molecular formula is C10H18N2OS2. The summed E-state index contributed by atoms with van der Waals surface area (Å²) >= 11 is 3.44. The highest BCUT2D eigenvalue weighted by atomic mass is 32.2. The molecule has 0 radical (unpaired) electrons. The van der Waals surface area contributed by atoms with Crippen LogP contribution in [0.2, 0.25) is 0 Å². The van der Waals surface area contributed by atoms with Crippen LogP contribution in [0.4, 0.5) is 0 Å². The summed E-state index contributed by atoms with van der Waals surface area (Å²) < 4.78 is 0. The molecule has 0 amide bonds. The molecule has 1 aromatic heterocycles. The molecule has 0 aliphatic rings. The lowest BCUT2D eigenvalue weighted by Crippen LogP contribution is -2.23. The Labute approximate surface area is 99.3 Å². The van der Waals surface area contributed by atoms with Crippen LogP contribution in [0.1, 0.15) is 18.7 Å². The van der Waals surface area contributed by atoms with Crippen LogP contribution in [-0.2, 0) is 6.54 Å². The molecule has 0 saturated heterocycles. The van der Waals surface area contributed by atoms with Gasteiger partial charge in [0.1, 0.15) is 0 Å². The van der Waals surface area contributed by atoms with Gasteiger partial charge in [-0.25, -0.2) is 0 Å². The Kier molecular flexibility index (Phi) is 5.60. The fraction of sp³-hybridized carbons (Fsp3) is 0.700. The summed E-state index contributed by atoms with van der Waals surface area (Å²) in [5, 5.41) is 12.8. The van der Waals surface area contributed by atoms with Crippen LogP contribution in [0, 0.1) is 0 Å². The van der Waals surface area contributed by atoms with Gasteiger partial charge in [-0.15, -0.1) is 11.3 Å². The molecule has 0 aromatic carbocycles. The zero-order chi connectivity index (χ0) is 11.1. The van der Waals surface area contributed by atoms with E-state index in [0.717, 1.165) is 24.6 Å². The molecule has 0 fully saturated rings. The van der Waals surface area contributed by atoms with Crippen molar-refractivity contribution in [2.45, 2.75) is 26.0 Å². The highest BCUT2D eigenvalue weighted by Gasteiger charge is 2.11. The fourth-order valence-electron chi connectivity index (χ4n) is 1.01. The van der Waals surface area contributed by atoms with Crippen LogP contribution in [0.5, 0.6) is 0 Å². The van der Waals surface area contributed by atoms with Crippen molar-refractivity contribution in [1.29, 1.82) is 0 Å². The summed E-state index contributed by atoms with van der Waals surface area (Å²) in [5.74, 6) is 1.82. The molecule has 0 unspecified atom stereocenters. The first kappa shape index (κ1) is 13.0. The predicted molar refractivity (Wildman–Crippen MR) is 67.4 cm³/mol. The second kappa shape index (κ2) is 6.48. The minimum absolute atomic E-state index is 0.553. The largest absolute Gasteiger partial charge is 0.390 e. The van der Waals surface area contributed by atoms with Gasteiger partial charge in [0.25, 0.3) is 0 Å². The van der Waals surface area contributed by atoms with Crippen LogP contribution in [0.25, 0.3) is 0 Å². The van der Waals surface area contributed by atoms with E-state index in [4.69, 9.17) is 0 Å². The van der Waals surface area contributed by atoms with Crippen molar-refractivity contribution in [2.24, 2.45) is 0 Å². The van der Waals surface area contributed by atoms with Gasteiger partial charge in [-0.1, -0.05) is 0 Å². The lowest BCUT2D eigenvalue weighted by Gasteiger charge is -2.15. The minimum Gasteiger partial charge on any atom is -0.390 e. The number of hydrogen-bond acceptors (Lipinski definition) is 5. The monoisotopic (exact) mass is 246 g/mol. The van der Waals surface area contributed by atoms with Crippen LogP contribution >= 0.6 is 23.1 Å². The van der Waals surface area contributed by atoms with Gasteiger partial charge in [0, 0.05) is 35.7 Å². The number of aromatic nitrogens is 1. The Balaban J connectivity index is 1.94. The molecule has 0 bridgehead atoms. The first-order valence-corrected chi connectivity index (χ1v) is 6.99. The second-order valence-corrected chi connectivity index (χ2v) is 6.09. The normalized spacial score (nSPS) is 11.9. The van der Waals surface area contributed by atoms with E-state index in [0.29, 0.717) is 0 Å². The summed E-state index contributed by atoms with van der Waals surface area (Å²) in [5.41, 5.74) is 1.29. The molecule has 0 atom stereocenters. The van der Waals surface area contributed by atoms with Crippen molar-refractivity contribution < 1.29 is 5.11 Å². The highest BCUT2D eigenvalue weighted by Crippen LogP contribution is 2.11. The molecule has 1 aromatic rings. The Morgan fingerprint density at radius 1 is 1.60 bits per heavy atom. The molecule has 86 valence electrons. The molecular weight excluding hydrogens is 228 g/mol. The topological polar surface area (TPSA) is 45.1 Å². The smallest absolute Gasteiger partial charge is 0.0794 e.